The molecule has 1 aliphatic carbocycles. The van der Waals surface area contributed by atoms with E-state index in [1.165, 1.54) is 12.8 Å². The molecule has 0 saturated heterocycles. The van der Waals surface area contributed by atoms with Crippen LogP contribution in [0.15, 0.2) is 30.3 Å². The number of benzene rings is 1. The molecule has 0 atom stereocenters. The molecule has 1 aliphatic rings. The van der Waals surface area contributed by atoms with Crippen LogP contribution in [0.25, 0.3) is 0 Å². The normalized spacial score (nSPS) is 13.7. The molecule has 7 nitrogen and oxygen atoms in total. The van der Waals surface area contributed by atoms with Crippen LogP contribution in [0.3, 0.4) is 0 Å². The molecule has 3 aromatic rings. The number of aromatic nitrogens is 4. The van der Waals surface area contributed by atoms with E-state index in [9.17, 15) is 0 Å². The average Bonchev–Trinajstić information content (AvgIpc) is 3.31. The van der Waals surface area contributed by atoms with Gasteiger partial charge in [-0.05, 0) is 38.0 Å². The van der Waals surface area contributed by atoms with Crippen LogP contribution in [0.2, 0.25) is 5.02 Å². The molecule has 128 valence electrons. The number of nitrogens with one attached hydrogen (secondary N) is 3. The maximum absolute atomic E-state index is 6.19. The van der Waals surface area contributed by atoms with Gasteiger partial charge in [-0.25, -0.2) is 4.98 Å². The third-order valence-corrected chi connectivity index (χ3v) is 4.28. The highest BCUT2D eigenvalue weighted by Gasteiger charge is 2.26. The summed E-state index contributed by atoms with van der Waals surface area (Å²) in [6, 6.07) is 9.12. The summed E-state index contributed by atoms with van der Waals surface area (Å²) >= 11 is 6.19. The van der Waals surface area contributed by atoms with Crippen LogP contribution in [0.4, 0.5) is 29.0 Å². The summed E-state index contributed by atoms with van der Waals surface area (Å²) in [6.45, 7) is 1.90. The largest absolute Gasteiger partial charge is 0.399 e. The van der Waals surface area contributed by atoms with Crippen molar-refractivity contribution in [3.63, 3.8) is 0 Å². The van der Waals surface area contributed by atoms with Crippen molar-refractivity contribution in [1.82, 2.24) is 20.2 Å². The second-order valence-electron chi connectivity index (χ2n) is 6.19. The molecule has 0 radical (unpaired) electrons. The molecule has 0 amide bonds. The van der Waals surface area contributed by atoms with Gasteiger partial charge in [0.2, 0.25) is 5.95 Å². The molecule has 25 heavy (non-hydrogen) atoms. The van der Waals surface area contributed by atoms with E-state index in [0.717, 1.165) is 17.2 Å². The predicted octanol–water partition coefficient (Wildman–Crippen LogP) is 4.11. The van der Waals surface area contributed by atoms with Gasteiger partial charge in [0.25, 0.3) is 0 Å². The Labute approximate surface area is 150 Å². The molecule has 5 N–H and O–H groups in total. The molecule has 1 aromatic carbocycles. The van der Waals surface area contributed by atoms with Crippen molar-refractivity contribution in [2.24, 2.45) is 0 Å². The number of nitrogens with zero attached hydrogens (tertiary/aromatic N) is 3. The molecular weight excluding hydrogens is 338 g/mol. The molecule has 4 rings (SSSR count). The summed E-state index contributed by atoms with van der Waals surface area (Å²) in [5, 5.41) is 14.2. The zero-order valence-electron chi connectivity index (χ0n) is 13.7. The van der Waals surface area contributed by atoms with E-state index in [4.69, 9.17) is 17.3 Å². The number of rotatable bonds is 5. The first-order valence-electron chi connectivity index (χ1n) is 8.07. The van der Waals surface area contributed by atoms with Crippen molar-refractivity contribution >= 4 is 40.6 Å². The zero-order valence-corrected chi connectivity index (χ0v) is 14.4. The lowest BCUT2D eigenvalue weighted by Crippen LogP contribution is -2.03. The van der Waals surface area contributed by atoms with Crippen LogP contribution in [-0.4, -0.2) is 20.2 Å². The van der Waals surface area contributed by atoms with Crippen molar-refractivity contribution in [3.8, 4) is 0 Å². The minimum Gasteiger partial charge on any atom is -0.399 e. The van der Waals surface area contributed by atoms with Crippen molar-refractivity contribution < 1.29 is 0 Å². The minimum absolute atomic E-state index is 0.442. The monoisotopic (exact) mass is 355 g/mol. The summed E-state index contributed by atoms with van der Waals surface area (Å²) in [4.78, 5) is 8.88. The number of hydrogen-bond acceptors (Lipinski definition) is 6. The maximum Gasteiger partial charge on any atom is 0.229 e. The van der Waals surface area contributed by atoms with Crippen molar-refractivity contribution in [3.05, 3.63) is 46.7 Å². The van der Waals surface area contributed by atoms with Gasteiger partial charge in [-0.2, -0.15) is 10.1 Å². The topological polar surface area (TPSA) is 105 Å². The summed E-state index contributed by atoms with van der Waals surface area (Å²) in [5.41, 5.74) is 9.01. The summed E-state index contributed by atoms with van der Waals surface area (Å²) in [5.74, 6) is 2.52. The standard InChI is InChI=1S/C17H18ClN7/c1-9-6-15(22-16-8-13(24-25-16)10-2-3-10)23-17(20-9)21-14-7-11(19)4-5-12(14)18/h4-8,10H,2-3,19H2,1H3,(H3,20,21,22,23,24,25). The van der Waals surface area contributed by atoms with Gasteiger partial charge in [0.15, 0.2) is 0 Å². The van der Waals surface area contributed by atoms with Gasteiger partial charge in [-0.15, -0.1) is 0 Å². The van der Waals surface area contributed by atoms with Gasteiger partial charge < -0.3 is 16.4 Å². The number of aryl methyl sites for hydroxylation is 1. The fourth-order valence-electron chi connectivity index (χ4n) is 2.58. The number of hydrogen-bond donors (Lipinski definition) is 4. The van der Waals surface area contributed by atoms with Gasteiger partial charge in [-0.1, -0.05) is 11.6 Å². The van der Waals surface area contributed by atoms with E-state index in [2.05, 4.69) is 30.8 Å². The lowest BCUT2D eigenvalue weighted by molar-refractivity contribution is 0.966. The van der Waals surface area contributed by atoms with E-state index in [0.29, 0.717) is 34.1 Å². The highest BCUT2D eigenvalue weighted by Crippen LogP contribution is 2.39. The second-order valence-corrected chi connectivity index (χ2v) is 6.60. The average molecular weight is 356 g/mol. The highest BCUT2D eigenvalue weighted by atomic mass is 35.5. The molecule has 2 aromatic heterocycles. The second kappa shape index (κ2) is 6.25. The number of aromatic amines is 1. The number of halogens is 1. The Morgan fingerprint density at radius 1 is 1.16 bits per heavy atom. The zero-order chi connectivity index (χ0) is 17.4. The van der Waals surface area contributed by atoms with E-state index in [1.807, 2.05) is 19.1 Å². The van der Waals surface area contributed by atoms with Crippen molar-refractivity contribution in [1.29, 1.82) is 0 Å². The quantitative estimate of drug-likeness (QED) is 0.513. The molecular formula is C17H18ClN7. The van der Waals surface area contributed by atoms with Crippen LogP contribution in [-0.2, 0) is 0 Å². The first-order valence-corrected chi connectivity index (χ1v) is 8.45. The maximum atomic E-state index is 6.19. The van der Waals surface area contributed by atoms with Crippen LogP contribution in [0, 0.1) is 6.92 Å². The minimum atomic E-state index is 0.442. The predicted molar refractivity (Wildman–Crippen MR) is 99.8 cm³/mol. The fraction of sp³-hybridized carbons (Fsp3) is 0.235. The Morgan fingerprint density at radius 2 is 2.00 bits per heavy atom. The van der Waals surface area contributed by atoms with Crippen LogP contribution < -0.4 is 16.4 Å². The Hall–Kier alpha value is -2.80. The number of H-pyrrole nitrogens is 1. The number of nitrogens with two attached hydrogens (primary N) is 1. The van der Waals surface area contributed by atoms with Crippen LogP contribution in [0.5, 0.6) is 0 Å². The Balaban J connectivity index is 1.56. The van der Waals surface area contributed by atoms with Gasteiger partial charge in [0, 0.05) is 29.4 Å². The lowest BCUT2D eigenvalue weighted by atomic mass is 10.3. The van der Waals surface area contributed by atoms with Gasteiger partial charge >= 0.3 is 0 Å². The first-order chi connectivity index (χ1) is 12.1. The third kappa shape index (κ3) is 3.66. The van der Waals surface area contributed by atoms with Crippen molar-refractivity contribution in [2.75, 3.05) is 16.4 Å². The summed E-state index contributed by atoms with van der Waals surface area (Å²) in [6.07, 6.45) is 2.43. The molecule has 1 saturated carbocycles. The number of nitrogen functional groups attached to an aromatic ring is 1. The SMILES string of the molecule is Cc1cc(Nc2cc(C3CC3)n[nH]2)nc(Nc2cc(N)ccc2Cl)n1. The molecule has 0 unspecified atom stereocenters. The molecule has 0 bridgehead atoms. The van der Waals surface area contributed by atoms with E-state index in [1.54, 1.807) is 18.2 Å². The summed E-state index contributed by atoms with van der Waals surface area (Å²) < 4.78 is 0. The Morgan fingerprint density at radius 3 is 2.80 bits per heavy atom. The third-order valence-electron chi connectivity index (χ3n) is 3.95. The molecule has 0 spiro atoms. The lowest BCUT2D eigenvalue weighted by Gasteiger charge is -2.10. The Bertz CT molecular complexity index is 917. The van der Waals surface area contributed by atoms with Gasteiger partial charge in [0.05, 0.1) is 16.4 Å². The van der Waals surface area contributed by atoms with Crippen molar-refractivity contribution in [2.45, 2.75) is 25.7 Å². The van der Waals surface area contributed by atoms with E-state index < -0.39 is 0 Å². The number of anilines is 5. The Kier molecular flexibility index (Phi) is 3.93. The van der Waals surface area contributed by atoms with Crippen LogP contribution >= 0.6 is 11.6 Å². The molecule has 0 aliphatic heterocycles. The van der Waals surface area contributed by atoms with Crippen LogP contribution in [0.1, 0.15) is 30.1 Å². The highest BCUT2D eigenvalue weighted by molar-refractivity contribution is 6.33. The van der Waals surface area contributed by atoms with Gasteiger partial charge in [0.1, 0.15) is 11.6 Å². The smallest absolute Gasteiger partial charge is 0.229 e. The molecule has 2 heterocycles. The molecule has 1 fully saturated rings. The van der Waals surface area contributed by atoms with E-state index in [-0.39, 0.29) is 0 Å². The molecule has 8 heteroatoms. The first kappa shape index (κ1) is 15.7. The van der Waals surface area contributed by atoms with E-state index >= 15 is 0 Å². The summed E-state index contributed by atoms with van der Waals surface area (Å²) in [7, 11) is 0. The fourth-order valence-corrected chi connectivity index (χ4v) is 2.74. The van der Waals surface area contributed by atoms with Gasteiger partial charge in [-0.3, -0.25) is 5.10 Å².